The number of benzene rings is 3. The Morgan fingerprint density at radius 1 is 1.06 bits per heavy atom. The van der Waals surface area contributed by atoms with Crippen molar-refractivity contribution in [3.8, 4) is 28.5 Å². The highest BCUT2D eigenvalue weighted by Gasteiger charge is 2.26. The Bertz CT molecular complexity index is 1410. The number of hydrogen-bond acceptors (Lipinski definition) is 5. The highest BCUT2D eigenvalue weighted by atomic mass is 16.5. The van der Waals surface area contributed by atoms with Crippen LogP contribution < -0.4 is 9.64 Å². The molecule has 1 aliphatic heterocycles. The smallest absolute Gasteiger partial charge is 0.262 e. The summed E-state index contributed by atoms with van der Waals surface area (Å²) in [4.78, 5) is 19.8. The molecule has 1 aliphatic rings. The van der Waals surface area contributed by atoms with Crippen molar-refractivity contribution in [3.63, 3.8) is 0 Å². The molecular weight excluding hydrogens is 428 g/mol. The number of aryl methyl sites for hydroxylation is 2. The van der Waals surface area contributed by atoms with E-state index in [0.717, 1.165) is 57.6 Å². The molecule has 1 amide bonds. The third-order valence-electron chi connectivity index (χ3n) is 6.22. The molecule has 6 nitrogen and oxygen atoms in total. The Labute approximate surface area is 198 Å². The van der Waals surface area contributed by atoms with E-state index in [0.29, 0.717) is 13.2 Å². The maximum Gasteiger partial charge on any atom is 0.262 e. The minimum absolute atomic E-state index is 0.0786. The van der Waals surface area contributed by atoms with Crippen LogP contribution in [0.5, 0.6) is 17.2 Å². The Kier molecular flexibility index (Phi) is 5.57. The fourth-order valence-corrected chi connectivity index (χ4v) is 4.61. The number of phenols is 2. The van der Waals surface area contributed by atoms with Gasteiger partial charge in [-0.1, -0.05) is 6.07 Å². The molecule has 172 valence electrons. The molecule has 0 fully saturated rings. The van der Waals surface area contributed by atoms with E-state index in [4.69, 9.17) is 9.72 Å². The second-order valence-corrected chi connectivity index (χ2v) is 8.55. The lowest BCUT2D eigenvalue weighted by Gasteiger charge is -2.30. The van der Waals surface area contributed by atoms with E-state index >= 15 is 0 Å². The van der Waals surface area contributed by atoms with Gasteiger partial charge in [0, 0.05) is 29.2 Å². The maximum absolute atomic E-state index is 13.2. The molecule has 0 aliphatic carbocycles. The Hall–Kier alpha value is -4.06. The zero-order valence-electron chi connectivity index (χ0n) is 19.2. The van der Waals surface area contributed by atoms with Crippen LogP contribution in [0, 0.1) is 6.92 Å². The zero-order chi connectivity index (χ0) is 23.8. The molecule has 0 atom stereocenters. The van der Waals surface area contributed by atoms with Crippen LogP contribution in [0.2, 0.25) is 0 Å². The number of phenolic OH excluding ortho intramolecular Hbond substituents is 2. The van der Waals surface area contributed by atoms with Crippen LogP contribution >= 0.6 is 0 Å². The van der Waals surface area contributed by atoms with Gasteiger partial charge in [-0.05, 0) is 86.3 Å². The number of amides is 1. The van der Waals surface area contributed by atoms with Gasteiger partial charge in [0.15, 0.2) is 0 Å². The SMILES string of the molecule is CCOc1ccc2nc(-c3ccc4c(c3)CCCN4C(=O)c3ccc(O)cc3O)c(C)cc2c1. The summed E-state index contributed by atoms with van der Waals surface area (Å²) in [6.07, 6.45) is 1.68. The van der Waals surface area contributed by atoms with Crippen LogP contribution in [0.3, 0.4) is 0 Å². The molecule has 1 aromatic heterocycles. The minimum Gasteiger partial charge on any atom is -0.508 e. The normalized spacial score (nSPS) is 13.1. The summed E-state index contributed by atoms with van der Waals surface area (Å²) in [6, 6.07) is 18.2. The van der Waals surface area contributed by atoms with Crippen LogP contribution in [0.4, 0.5) is 5.69 Å². The van der Waals surface area contributed by atoms with Gasteiger partial charge in [-0.15, -0.1) is 0 Å². The first-order chi connectivity index (χ1) is 16.4. The standard InChI is InChI=1S/C28H26N2O4/c1-3-34-22-8-10-24-20(15-22)13-17(2)27(29-24)19-6-11-25-18(14-19)5-4-12-30(25)28(33)23-9-7-21(31)16-26(23)32/h6-11,13-16,31-32H,3-5,12H2,1-2H3. The third kappa shape index (κ3) is 3.92. The lowest BCUT2D eigenvalue weighted by Crippen LogP contribution is -2.35. The number of rotatable bonds is 4. The van der Waals surface area contributed by atoms with Crippen LogP contribution in [-0.2, 0) is 6.42 Å². The number of anilines is 1. The number of pyridine rings is 1. The molecule has 2 heterocycles. The number of carbonyl (C=O) groups is 1. The number of carbonyl (C=O) groups excluding carboxylic acids is 1. The van der Waals surface area contributed by atoms with Gasteiger partial charge in [0.1, 0.15) is 17.2 Å². The third-order valence-corrected chi connectivity index (χ3v) is 6.22. The van der Waals surface area contributed by atoms with Crippen LogP contribution in [-0.4, -0.2) is 34.3 Å². The summed E-state index contributed by atoms with van der Waals surface area (Å²) in [6.45, 7) is 5.21. The van der Waals surface area contributed by atoms with Crippen molar-refractivity contribution in [1.82, 2.24) is 4.98 Å². The summed E-state index contributed by atoms with van der Waals surface area (Å²) < 4.78 is 5.62. The summed E-state index contributed by atoms with van der Waals surface area (Å²) in [7, 11) is 0. The number of fused-ring (bicyclic) bond motifs is 2. The van der Waals surface area contributed by atoms with Gasteiger partial charge in [-0.3, -0.25) is 4.79 Å². The zero-order valence-corrected chi connectivity index (χ0v) is 19.2. The summed E-state index contributed by atoms with van der Waals surface area (Å²) in [5, 5.41) is 20.8. The van der Waals surface area contributed by atoms with E-state index in [2.05, 4.69) is 19.1 Å². The number of aromatic hydroxyl groups is 2. The van der Waals surface area contributed by atoms with Gasteiger partial charge in [0.05, 0.1) is 23.4 Å². The Morgan fingerprint density at radius 2 is 1.91 bits per heavy atom. The summed E-state index contributed by atoms with van der Waals surface area (Å²) >= 11 is 0. The molecule has 0 spiro atoms. The molecule has 3 aromatic carbocycles. The molecule has 0 saturated carbocycles. The van der Waals surface area contributed by atoms with E-state index in [1.54, 1.807) is 4.90 Å². The minimum atomic E-state index is -0.281. The predicted molar refractivity (Wildman–Crippen MR) is 133 cm³/mol. The lowest BCUT2D eigenvalue weighted by atomic mass is 9.95. The second kappa shape index (κ2) is 8.71. The first kappa shape index (κ1) is 21.8. The van der Waals surface area contributed by atoms with Crippen molar-refractivity contribution < 1.29 is 19.7 Å². The lowest BCUT2D eigenvalue weighted by molar-refractivity contribution is 0.0982. The average molecular weight is 455 g/mol. The first-order valence-corrected chi connectivity index (χ1v) is 11.5. The van der Waals surface area contributed by atoms with E-state index in [1.807, 2.05) is 37.3 Å². The molecule has 34 heavy (non-hydrogen) atoms. The summed E-state index contributed by atoms with van der Waals surface area (Å²) in [5.41, 5.74) is 5.98. The van der Waals surface area contributed by atoms with E-state index in [1.165, 1.54) is 18.2 Å². The van der Waals surface area contributed by atoms with Crippen molar-refractivity contribution in [2.45, 2.75) is 26.7 Å². The van der Waals surface area contributed by atoms with Crippen molar-refractivity contribution in [1.29, 1.82) is 0 Å². The Morgan fingerprint density at radius 3 is 2.71 bits per heavy atom. The van der Waals surface area contributed by atoms with E-state index in [9.17, 15) is 15.0 Å². The second-order valence-electron chi connectivity index (χ2n) is 8.55. The fourth-order valence-electron chi connectivity index (χ4n) is 4.61. The molecule has 0 saturated heterocycles. The highest BCUT2D eigenvalue weighted by molar-refractivity contribution is 6.08. The number of aromatic nitrogens is 1. The quantitative estimate of drug-likeness (QED) is 0.419. The van der Waals surface area contributed by atoms with Gasteiger partial charge in [0.25, 0.3) is 5.91 Å². The number of ether oxygens (including phenoxy) is 1. The van der Waals surface area contributed by atoms with Crippen LogP contribution in [0.1, 0.15) is 34.8 Å². The van der Waals surface area contributed by atoms with Crippen molar-refractivity contribution >= 4 is 22.5 Å². The largest absolute Gasteiger partial charge is 0.508 e. The van der Waals surface area contributed by atoms with Crippen molar-refractivity contribution in [2.75, 3.05) is 18.1 Å². The molecule has 6 heteroatoms. The molecule has 0 unspecified atom stereocenters. The number of hydrogen-bond donors (Lipinski definition) is 2. The molecule has 4 aromatic rings. The Balaban J connectivity index is 1.50. The van der Waals surface area contributed by atoms with Crippen molar-refractivity contribution in [3.05, 3.63) is 77.4 Å². The van der Waals surface area contributed by atoms with Gasteiger partial charge in [-0.25, -0.2) is 4.98 Å². The van der Waals surface area contributed by atoms with Crippen LogP contribution in [0.25, 0.3) is 22.2 Å². The maximum atomic E-state index is 13.2. The van der Waals surface area contributed by atoms with Crippen LogP contribution in [0.15, 0.2) is 60.7 Å². The fraction of sp³-hybridized carbons (Fsp3) is 0.214. The van der Waals surface area contributed by atoms with Gasteiger partial charge in [0.2, 0.25) is 0 Å². The predicted octanol–water partition coefficient (Wildman–Crippen LogP) is 5.61. The highest BCUT2D eigenvalue weighted by Crippen LogP contribution is 2.35. The molecule has 0 radical (unpaired) electrons. The average Bonchev–Trinajstić information content (AvgIpc) is 2.82. The van der Waals surface area contributed by atoms with E-state index < -0.39 is 0 Å². The monoisotopic (exact) mass is 454 g/mol. The van der Waals surface area contributed by atoms with Gasteiger partial charge < -0.3 is 19.8 Å². The first-order valence-electron chi connectivity index (χ1n) is 11.5. The molecule has 5 rings (SSSR count). The topological polar surface area (TPSA) is 82.9 Å². The van der Waals surface area contributed by atoms with Gasteiger partial charge >= 0.3 is 0 Å². The number of nitrogens with zero attached hydrogens (tertiary/aromatic N) is 2. The summed E-state index contributed by atoms with van der Waals surface area (Å²) in [5.74, 6) is 0.251. The molecule has 0 bridgehead atoms. The van der Waals surface area contributed by atoms with Crippen molar-refractivity contribution in [2.24, 2.45) is 0 Å². The van der Waals surface area contributed by atoms with Gasteiger partial charge in [-0.2, -0.15) is 0 Å². The molecular formula is C28H26N2O4. The van der Waals surface area contributed by atoms with E-state index in [-0.39, 0.29) is 23.0 Å². The molecule has 2 N–H and O–H groups in total.